The summed E-state index contributed by atoms with van der Waals surface area (Å²) in [6.45, 7) is 0.726. The summed E-state index contributed by atoms with van der Waals surface area (Å²) in [5, 5.41) is 0. The second-order valence-corrected chi connectivity index (χ2v) is 3.69. The molecule has 0 aromatic heterocycles. The fourth-order valence-electron chi connectivity index (χ4n) is 1.84. The number of hydrogen-bond acceptors (Lipinski definition) is 3. The third-order valence-electron chi connectivity index (χ3n) is 2.65. The highest BCUT2D eigenvalue weighted by Crippen LogP contribution is 2.22. The number of ether oxygens (including phenoxy) is 1. The van der Waals surface area contributed by atoms with Crippen LogP contribution in [0.25, 0.3) is 0 Å². The van der Waals surface area contributed by atoms with Crippen molar-refractivity contribution in [2.75, 3.05) is 18.6 Å². The van der Waals surface area contributed by atoms with Gasteiger partial charge in [-0.2, -0.15) is 0 Å². The predicted molar refractivity (Wildman–Crippen MR) is 59.4 cm³/mol. The highest BCUT2D eigenvalue weighted by Gasteiger charge is 2.22. The molecule has 1 aromatic carbocycles. The van der Waals surface area contributed by atoms with Crippen LogP contribution in [0.4, 0.5) is 5.69 Å². The first kappa shape index (κ1) is 10.7. The molecule has 16 heavy (non-hydrogen) atoms. The molecule has 0 unspecified atom stereocenters. The number of nitrogens with zero attached hydrogens (tertiary/aromatic N) is 1. The lowest BCUT2D eigenvalue weighted by atomic mass is 10.2. The van der Waals surface area contributed by atoms with Crippen LogP contribution < -0.4 is 4.90 Å². The van der Waals surface area contributed by atoms with Crippen molar-refractivity contribution in [1.82, 2.24) is 0 Å². The molecule has 1 aliphatic rings. The zero-order valence-electron chi connectivity index (χ0n) is 9.10. The minimum absolute atomic E-state index is 0.113. The number of hydrogen-bond donors (Lipinski definition) is 0. The van der Waals surface area contributed by atoms with Gasteiger partial charge < -0.3 is 9.64 Å². The molecule has 1 heterocycles. The third kappa shape index (κ3) is 1.91. The second-order valence-electron chi connectivity index (χ2n) is 3.69. The van der Waals surface area contributed by atoms with Crippen molar-refractivity contribution >= 4 is 17.6 Å². The van der Waals surface area contributed by atoms with Crippen molar-refractivity contribution in [1.29, 1.82) is 0 Å². The Hall–Kier alpha value is -1.84. The highest BCUT2D eigenvalue weighted by molar-refractivity contribution is 5.97. The minimum atomic E-state index is -0.381. The smallest absolute Gasteiger partial charge is 0.337 e. The molecule has 0 bridgehead atoms. The molecule has 2 rings (SSSR count). The Labute approximate surface area is 93.8 Å². The molecule has 0 N–H and O–H groups in total. The van der Waals surface area contributed by atoms with Gasteiger partial charge in [0.15, 0.2) is 0 Å². The highest BCUT2D eigenvalue weighted by atomic mass is 16.5. The minimum Gasteiger partial charge on any atom is -0.465 e. The molecular weight excluding hydrogens is 206 g/mol. The van der Waals surface area contributed by atoms with E-state index in [-0.39, 0.29) is 11.9 Å². The lowest BCUT2D eigenvalue weighted by molar-refractivity contribution is -0.117. The quantitative estimate of drug-likeness (QED) is 0.710. The van der Waals surface area contributed by atoms with Crippen LogP contribution in [-0.2, 0) is 9.53 Å². The summed E-state index contributed by atoms with van der Waals surface area (Å²) in [6.07, 6.45) is 1.46. The average molecular weight is 219 g/mol. The molecule has 4 nitrogen and oxygen atoms in total. The van der Waals surface area contributed by atoms with E-state index in [2.05, 4.69) is 4.74 Å². The van der Waals surface area contributed by atoms with Gasteiger partial charge in [-0.3, -0.25) is 4.79 Å². The lowest BCUT2D eigenvalue weighted by Gasteiger charge is -2.15. The van der Waals surface area contributed by atoms with E-state index < -0.39 is 0 Å². The van der Waals surface area contributed by atoms with Crippen molar-refractivity contribution < 1.29 is 14.3 Å². The zero-order chi connectivity index (χ0) is 11.5. The van der Waals surface area contributed by atoms with Gasteiger partial charge in [0.2, 0.25) is 5.91 Å². The Morgan fingerprint density at radius 3 is 2.88 bits per heavy atom. The van der Waals surface area contributed by atoms with Crippen LogP contribution in [-0.4, -0.2) is 25.5 Å². The number of anilines is 1. The number of benzene rings is 1. The normalized spacial score (nSPS) is 15.3. The van der Waals surface area contributed by atoms with Gasteiger partial charge in [-0.15, -0.1) is 0 Å². The molecular formula is C12H13NO3. The van der Waals surface area contributed by atoms with E-state index in [9.17, 15) is 9.59 Å². The summed E-state index contributed by atoms with van der Waals surface area (Å²) in [6, 6.07) is 6.95. The molecule has 0 aliphatic carbocycles. The molecule has 1 fully saturated rings. The number of amides is 1. The van der Waals surface area contributed by atoms with Crippen molar-refractivity contribution in [3.63, 3.8) is 0 Å². The molecule has 84 valence electrons. The zero-order valence-corrected chi connectivity index (χ0v) is 9.10. The molecule has 1 saturated heterocycles. The Morgan fingerprint density at radius 2 is 2.25 bits per heavy atom. The number of rotatable bonds is 2. The van der Waals surface area contributed by atoms with Gasteiger partial charge >= 0.3 is 5.97 Å². The van der Waals surface area contributed by atoms with Crippen molar-refractivity contribution in [3.8, 4) is 0 Å². The van der Waals surface area contributed by atoms with Gasteiger partial charge in [-0.05, 0) is 24.6 Å². The first-order valence-electron chi connectivity index (χ1n) is 5.21. The number of carbonyl (C=O) groups is 2. The van der Waals surface area contributed by atoms with E-state index in [0.717, 1.165) is 18.7 Å². The molecule has 0 radical (unpaired) electrons. The monoisotopic (exact) mass is 219 g/mol. The summed E-state index contributed by atoms with van der Waals surface area (Å²) in [4.78, 5) is 24.6. The van der Waals surface area contributed by atoms with E-state index in [1.54, 1.807) is 23.1 Å². The summed E-state index contributed by atoms with van der Waals surface area (Å²) >= 11 is 0. The van der Waals surface area contributed by atoms with Crippen LogP contribution in [0, 0.1) is 0 Å². The summed E-state index contributed by atoms with van der Waals surface area (Å²) in [5.41, 5.74) is 1.24. The van der Waals surface area contributed by atoms with E-state index in [4.69, 9.17) is 0 Å². The van der Waals surface area contributed by atoms with Crippen LogP contribution >= 0.6 is 0 Å². The van der Waals surface area contributed by atoms with Gasteiger partial charge in [0.1, 0.15) is 0 Å². The van der Waals surface area contributed by atoms with Gasteiger partial charge in [0.25, 0.3) is 0 Å². The average Bonchev–Trinajstić information content (AvgIpc) is 2.74. The van der Waals surface area contributed by atoms with Gasteiger partial charge in [-0.25, -0.2) is 4.79 Å². The van der Waals surface area contributed by atoms with Crippen LogP contribution in [0.15, 0.2) is 24.3 Å². The summed E-state index contributed by atoms with van der Waals surface area (Å²) < 4.78 is 4.64. The number of esters is 1. The molecule has 0 saturated carbocycles. The standard InChI is InChI=1S/C12H13NO3/c1-16-12(15)9-4-2-5-10(8-9)13-7-3-6-11(13)14/h2,4-5,8H,3,6-7H2,1H3. The van der Waals surface area contributed by atoms with Gasteiger partial charge in [0.05, 0.1) is 12.7 Å². The van der Waals surface area contributed by atoms with Crippen molar-refractivity contribution in [2.24, 2.45) is 0 Å². The predicted octanol–water partition coefficient (Wildman–Crippen LogP) is 1.60. The molecule has 1 amide bonds. The Kier molecular flexibility index (Phi) is 2.90. The first-order chi connectivity index (χ1) is 7.72. The van der Waals surface area contributed by atoms with Gasteiger partial charge in [0, 0.05) is 18.7 Å². The maximum absolute atomic E-state index is 11.5. The Balaban J connectivity index is 2.28. The van der Waals surface area contributed by atoms with E-state index >= 15 is 0 Å². The molecule has 1 aromatic rings. The van der Waals surface area contributed by atoms with E-state index in [1.165, 1.54) is 7.11 Å². The Bertz CT molecular complexity index is 428. The molecule has 0 atom stereocenters. The lowest BCUT2D eigenvalue weighted by Crippen LogP contribution is -2.23. The first-order valence-corrected chi connectivity index (χ1v) is 5.21. The van der Waals surface area contributed by atoms with Gasteiger partial charge in [-0.1, -0.05) is 6.07 Å². The van der Waals surface area contributed by atoms with Crippen molar-refractivity contribution in [2.45, 2.75) is 12.8 Å². The largest absolute Gasteiger partial charge is 0.465 e. The SMILES string of the molecule is COC(=O)c1cccc(N2CCCC2=O)c1. The summed E-state index contributed by atoms with van der Waals surface area (Å²) in [7, 11) is 1.34. The second kappa shape index (κ2) is 4.35. The third-order valence-corrected chi connectivity index (χ3v) is 2.65. The Morgan fingerprint density at radius 1 is 1.44 bits per heavy atom. The maximum atomic E-state index is 11.5. The van der Waals surface area contributed by atoms with Crippen LogP contribution in [0.2, 0.25) is 0 Å². The maximum Gasteiger partial charge on any atom is 0.337 e. The summed E-state index contributed by atoms with van der Waals surface area (Å²) in [5.74, 6) is -0.268. The van der Waals surface area contributed by atoms with Crippen LogP contribution in [0.5, 0.6) is 0 Å². The molecule has 1 aliphatic heterocycles. The van der Waals surface area contributed by atoms with Crippen LogP contribution in [0.1, 0.15) is 23.2 Å². The number of methoxy groups -OCH3 is 1. The van der Waals surface area contributed by atoms with Crippen LogP contribution in [0.3, 0.4) is 0 Å². The fourth-order valence-corrected chi connectivity index (χ4v) is 1.84. The van der Waals surface area contributed by atoms with E-state index in [0.29, 0.717) is 12.0 Å². The molecule has 4 heteroatoms. The van der Waals surface area contributed by atoms with Crippen molar-refractivity contribution in [3.05, 3.63) is 29.8 Å². The molecule has 0 spiro atoms. The topological polar surface area (TPSA) is 46.6 Å². The fraction of sp³-hybridized carbons (Fsp3) is 0.333. The number of carbonyl (C=O) groups excluding carboxylic acids is 2. The van der Waals surface area contributed by atoms with E-state index in [1.807, 2.05) is 6.07 Å².